The second-order valence-electron chi connectivity index (χ2n) is 6.98. The minimum Gasteiger partial charge on any atom is -0.459 e. The number of carbonyl (C=O) groups excluding carboxylic acids is 1. The fourth-order valence-corrected chi connectivity index (χ4v) is 3.42. The topological polar surface area (TPSA) is 52.3 Å². The van der Waals surface area contributed by atoms with Gasteiger partial charge in [0.2, 0.25) is 0 Å². The number of nitrogen functional groups attached to an aromatic ring is 1. The quantitative estimate of drug-likeness (QED) is 0.657. The van der Waals surface area contributed by atoms with Gasteiger partial charge in [0.1, 0.15) is 6.10 Å². The van der Waals surface area contributed by atoms with Gasteiger partial charge in [0, 0.05) is 5.69 Å². The van der Waals surface area contributed by atoms with Crippen molar-refractivity contribution in [2.45, 2.75) is 53.1 Å². The number of nitrogens with two attached hydrogens (primary N) is 1. The number of ether oxygens (including phenoxy) is 1. The Morgan fingerprint density at radius 1 is 1.35 bits per heavy atom. The van der Waals surface area contributed by atoms with E-state index in [1.807, 2.05) is 19.1 Å². The smallest absolute Gasteiger partial charge is 0.340 e. The summed E-state index contributed by atoms with van der Waals surface area (Å²) in [7, 11) is 0. The van der Waals surface area contributed by atoms with E-state index in [2.05, 4.69) is 20.8 Å². The molecule has 2 atom stereocenters. The molecule has 2 N–H and O–H groups in total. The van der Waals surface area contributed by atoms with Gasteiger partial charge < -0.3 is 10.5 Å². The van der Waals surface area contributed by atoms with Crippen LogP contribution in [0.1, 0.15) is 56.0 Å². The standard InChI is InChI=1S/C17H25NO2/c1-11-8-13(10-17(3,4)9-11)20-16(19)14-7-5-6-12(2)15(14)18/h5-7,11,13H,8-10,18H2,1-4H3. The van der Waals surface area contributed by atoms with Crippen molar-refractivity contribution in [2.75, 3.05) is 5.73 Å². The number of benzene rings is 1. The van der Waals surface area contributed by atoms with Crippen LogP contribution in [0.2, 0.25) is 0 Å². The SMILES string of the molecule is Cc1cccc(C(=O)OC2CC(C)CC(C)(C)C2)c1N. The molecule has 2 rings (SSSR count). The lowest BCUT2D eigenvalue weighted by atomic mass is 9.71. The van der Waals surface area contributed by atoms with E-state index in [0.717, 1.165) is 18.4 Å². The first-order valence-corrected chi connectivity index (χ1v) is 7.34. The van der Waals surface area contributed by atoms with Gasteiger partial charge in [-0.3, -0.25) is 0 Å². The second kappa shape index (κ2) is 5.47. The lowest BCUT2D eigenvalue weighted by molar-refractivity contribution is -0.00705. The Bertz CT molecular complexity index is 508. The van der Waals surface area contributed by atoms with E-state index in [1.54, 1.807) is 6.07 Å². The molecule has 0 aromatic heterocycles. The maximum Gasteiger partial charge on any atom is 0.340 e. The fourth-order valence-electron chi connectivity index (χ4n) is 3.42. The molecule has 0 heterocycles. The molecule has 110 valence electrons. The van der Waals surface area contributed by atoms with Crippen LogP contribution in [-0.4, -0.2) is 12.1 Å². The molecule has 1 aromatic carbocycles. The second-order valence-corrected chi connectivity index (χ2v) is 6.98. The first kappa shape index (κ1) is 14.9. The van der Waals surface area contributed by atoms with Gasteiger partial charge in [0.25, 0.3) is 0 Å². The largest absolute Gasteiger partial charge is 0.459 e. The van der Waals surface area contributed by atoms with Crippen LogP contribution >= 0.6 is 0 Å². The Balaban J connectivity index is 2.10. The van der Waals surface area contributed by atoms with E-state index in [0.29, 0.717) is 17.2 Å². The molecule has 1 aromatic rings. The van der Waals surface area contributed by atoms with Crippen molar-refractivity contribution in [1.82, 2.24) is 0 Å². The Morgan fingerprint density at radius 3 is 2.70 bits per heavy atom. The minimum atomic E-state index is -0.291. The molecule has 3 heteroatoms. The van der Waals surface area contributed by atoms with Crippen LogP contribution in [0.3, 0.4) is 0 Å². The van der Waals surface area contributed by atoms with Gasteiger partial charge in [0.15, 0.2) is 0 Å². The number of anilines is 1. The van der Waals surface area contributed by atoms with Gasteiger partial charge in [-0.15, -0.1) is 0 Å². The molecule has 1 fully saturated rings. The minimum absolute atomic E-state index is 0.00108. The number of aryl methyl sites for hydroxylation is 1. The van der Waals surface area contributed by atoms with Crippen LogP contribution < -0.4 is 5.73 Å². The van der Waals surface area contributed by atoms with Crippen LogP contribution in [0.15, 0.2) is 18.2 Å². The van der Waals surface area contributed by atoms with Crippen molar-refractivity contribution in [3.05, 3.63) is 29.3 Å². The van der Waals surface area contributed by atoms with E-state index in [9.17, 15) is 4.79 Å². The van der Waals surface area contributed by atoms with E-state index in [1.165, 1.54) is 6.42 Å². The number of hydrogen-bond acceptors (Lipinski definition) is 3. The first-order chi connectivity index (χ1) is 9.28. The van der Waals surface area contributed by atoms with Crippen molar-refractivity contribution in [2.24, 2.45) is 11.3 Å². The highest BCUT2D eigenvalue weighted by molar-refractivity contribution is 5.95. The molecule has 2 unspecified atom stereocenters. The molecule has 1 saturated carbocycles. The van der Waals surface area contributed by atoms with Crippen LogP contribution in [0.25, 0.3) is 0 Å². The molecule has 0 radical (unpaired) electrons. The fraction of sp³-hybridized carbons (Fsp3) is 0.588. The van der Waals surface area contributed by atoms with Crippen LogP contribution in [0.4, 0.5) is 5.69 Å². The number of para-hydroxylation sites is 1. The number of carbonyl (C=O) groups is 1. The molecule has 0 spiro atoms. The summed E-state index contributed by atoms with van der Waals surface area (Å²) < 4.78 is 5.70. The van der Waals surface area contributed by atoms with Crippen LogP contribution in [0.5, 0.6) is 0 Å². The van der Waals surface area contributed by atoms with Crippen LogP contribution in [0, 0.1) is 18.3 Å². The van der Waals surface area contributed by atoms with Crippen molar-refractivity contribution in [3.63, 3.8) is 0 Å². The zero-order chi connectivity index (χ0) is 14.9. The highest BCUT2D eigenvalue weighted by Crippen LogP contribution is 2.40. The summed E-state index contributed by atoms with van der Waals surface area (Å²) in [5.41, 5.74) is 8.13. The molecule has 20 heavy (non-hydrogen) atoms. The summed E-state index contributed by atoms with van der Waals surface area (Å²) >= 11 is 0. The highest BCUT2D eigenvalue weighted by Gasteiger charge is 2.34. The Labute approximate surface area is 121 Å². The molecule has 3 nitrogen and oxygen atoms in total. The molecule has 0 saturated heterocycles. The molecule has 0 amide bonds. The lowest BCUT2D eigenvalue weighted by Crippen LogP contribution is -2.34. The summed E-state index contributed by atoms with van der Waals surface area (Å²) in [6, 6.07) is 5.48. The van der Waals surface area contributed by atoms with E-state index < -0.39 is 0 Å². The summed E-state index contributed by atoms with van der Waals surface area (Å²) in [5, 5.41) is 0. The molecular formula is C17H25NO2. The Hall–Kier alpha value is -1.51. The van der Waals surface area contributed by atoms with Gasteiger partial charge in [-0.25, -0.2) is 4.79 Å². The predicted molar refractivity (Wildman–Crippen MR) is 81.6 cm³/mol. The molecular weight excluding hydrogens is 250 g/mol. The zero-order valence-corrected chi connectivity index (χ0v) is 12.9. The van der Waals surface area contributed by atoms with Gasteiger partial charge in [-0.05, 0) is 49.1 Å². The van der Waals surface area contributed by atoms with Crippen molar-refractivity contribution < 1.29 is 9.53 Å². The Morgan fingerprint density at radius 2 is 2.05 bits per heavy atom. The van der Waals surface area contributed by atoms with Crippen molar-refractivity contribution in [3.8, 4) is 0 Å². The number of hydrogen-bond donors (Lipinski definition) is 1. The normalized spacial score (nSPS) is 25.2. The summed E-state index contributed by atoms with van der Waals surface area (Å²) in [6.45, 7) is 8.61. The zero-order valence-electron chi connectivity index (χ0n) is 12.9. The maximum absolute atomic E-state index is 12.3. The first-order valence-electron chi connectivity index (χ1n) is 7.34. The van der Waals surface area contributed by atoms with Gasteiger partial charge in [-0.1, -0.05) is 32.9 Å². The molecule has 1 aliphatic carbocycles. The predicted octanol–water partition coefficient (Wildman–Crippen LogP) is 3.95. The molecule has 0 aliphatic heterocycles. The average Bonchev–Trinajstić information content (AvgIpc) is 2.29. The third-order valence-corrected chi connectivity index (χ3v) is 4.16. The van der Waals surface area contributed by atoms with Crippen LogP contribution in [-0.2, 0) is 4.74 Å². The van der Waals surface area contributed by atoms with Crippen molar-refractivity contribution >= 4 is 11.7 Å². The summed E-state index contributed by atoms with van der Waals surface area (Å²) in [4.78, 5) is 12.3. The van der Waals surface area contributed by atoms with E-state index in [4.69, 9.17) is 10.5 Å². The van der Waals surface area contributed by atoms with E-state index in [-0.39, 0.29) is 17.5 Å². The van der Waals surface area contributed by atoms with Gasteiger partial charge in [-0.2, -0.15) is 0 Å². The van der Waals surface area contributed by atoms with Gasteiger partial charge >= 0.3 is 5.97 Å². The summed E-state index contributed by atoms with van der Waals surface area (Å²) in [5.74, 6) is 0.299. The third kappa shape index (κ3) is 3.33. The van der Waals surface area contributed by atoms with E-state index >= 15 is 0 Å². The average molecular weight is 275 g/mol. The lowest BCUT2D eigenvalue weighted by Gasteiger charge is -2.38. The van der Waals surface area contributed by atoms with Gasteiger partial charge in [0.05, 0.1) is 5.56 Å². The van der Waals surface area contributed by atoms with Crippen molar-refractivity contribution in [1.29, 1.82) is 0 Å². The molecule has 1 aliphatic rings. The maximum atomic E-state index is 12.3. The summed E-state index contributed by atoms with van der Waals surface area (Å²) in [6.07, 6.45) is 3.06. The monoisotopic (exact) mass is 275 g/mol. The number of rotatable bonds is 2. The number of esters is 1. The Kier molecular flexibility index (Phi) is 4.07. The highest BCUT2D eigenvalue weighted by atomic mass is 16.5. The third-order valence-electron chi connectivity index (χ3n) is 4.16. The molecule has 0 bridgehead atoms.